The van der Waals surface area contributed by atoms with Gasteiger partial charge in [-0.25, -0.2) is 56.7 Å². The van der Waals surface area contributed by atoms with E-state index in [2.05, 4.69) is 86.9 Å². The number of nitrogens with one attached hydrogen (secondary N) is 2. The van der Waals surface area contributed by atoms with E-state index < -0.39 is 19.7 Å². The minimum Gasteiger partial charge on any atom is -0.394 e. The first-order chi connectivity index (χ1) is 48.8. The number of nitrogens with two attached hydrogens (primary N) is 2. The minimum absolute atomic E-state index is 0.0506. The summed E-state index contributed by atoms with van der Waals surface area (Å²) < 4.78 is 58.9. The lowest BCUT2D eigenvalue weighted by atomic mass is 9.96. The molecule has 18 nitrogen and oxygen atoms in total. The molecule has 6 aromatic heterocycles. The van der Waals surface area contributed by atoms with Gasteiger partial charge in [-0.05, 0) is 166 Å². The summed E-state index contributed by atoms with van der Waals surface area (Å²) in [4.78, 5) is 35.5. The highest BCUT2D eigenvalue weighted by atomic mass is 35.5. The number of allylic oxidation sites excluding steroid dienone is 8. The van der Waals surface area contributed by atoms with E-state index >= 15 is 0 Å². The number of nitrogen functional groups attached to an aromatic ring is 2. The van der Waals surface area contributed by atoms with Crippen LogP contribution in [0.25, 0.3) is 44.4 Å². The van der Waals surface area contributed by atoms with Crippen molar-refractivity contribution in [3.05, 3.63) is 251 Å². The SMILES string of the molecule is CNc1c(S(=O)(=O)c2ccccc2)c2ncnc(C3=CCCCC3)c2n1Cc1ccccc1.Clc1ncnc(C2=CCCCC2)c1NCc1ccccc1.Nc1c(Cl)ncnc1C1=CCCCC1.Nc1c(S(=O)(=O)c2ccccc2)c2ncnc(C3=CCCCC3)c2n1Cc1ccccc1. The molecule has 0 amide bonds. The molecule has 100 heavy (non-hydrogen) atoms. The van der Waals surface area contributed by atoms with Crippen LogP contribution in [0.15, 0.2) is 221 Å². The maximum absolute atomic E-state index is 13.9. The van der Waals surface area contributed by atoms with E-state index in [-0.39, 0.29) is 25.4 Å². The average Bonchev–Trinajstić information content (AvgIpc) is 1.58. The number of fused-ring (bicyclic) bond motifs is 2. The molecule has 15 rings (SSSR count). The fourth-order valence-electron chi connectivity index (χ4n) is 13.2. The fourth-order valence-corrected chi connectivity index (χ4v) is 16.7. The van der Waals surface area contributed by atoms with Crippen molar-refractivity contribution >= 4 is 110 Å². The molecule has 0 aliphatic heterocycles. The topological polar surface area (TPSA) is 257 Å². The van der Waals surface area contributed by atoms with Gasteiger partial charge in [-0.1, -0.05) is 175 Å². The average molecular weight is 1410 g/mol. The van der Waals surface area contributed by atoms with Crippen molar-refractivity contribution in [1.82, 2.24) is 49.0 Å². The molecule has 0 atom stereocenters. The first kappa shape index (κ1) is 70.0. The molecule has 0 spiro atoms. The van der Waals surface area contributed by atoms with Crippen LogP contribution >= 0.6 is 23.2 Å². The van der Waals surface area contributed by atoms with Gasteiger partial charge in [-0.3, -0.25) is 0 Å². The highest BCUT2D eigenvalue weighted by Gasteiger charge is 2.34. The molecule has 0 saturated heterocycles. The van der Waals surface area contributed by atoms with Gasteiger partial charge in [0, 0.05) is 26.7 Å². The maximum atomic E-state index is 13.9. The van der Waals surface area contributed by atoms with Crippen LogP contribution in [0, 0.1) is 0 Å². The van der Waals surface area contributed by atoms with Crippen molar-refractivity contribution in [2.75, 3.05) is 29.1 Å². The van der Waals surface area contributed by atoms with Gasteiger partial charge in [0.25, 0.3) is 0 Å². The van der Waals surface area contributed by atoms with Gasteiger partial charge in [-0.2, -0.15) is 0 Å². The van der Waals surface area contributed by atoms with Crippen LogP contribution in [-0.2, 0) is 39.3 Å². The van der Waals surface area contributed by atoms with E-state index in [1.54, 1.807) is 68.0 Å². The lowest BCUT2D eigenvalue weighted by molar-refractivity contribution is 0.595. The van der Waals surface area contributed by atoms with Gasteiger partial charge in [-0.15, -0.1) is 0 Å². The van der Waals surface area contributed by atoms with E-state index in [1.807, 2.05) is 94.1 Å². The first-order valence-corrected chi connectivity index (χ1v) is 37.7. The second-order valence-corrected chi connectivity index (χ2v) is 29.3. The molecule has 11 aromatic rings. The lowest BCUT2D eigenvalue weighted by Gasteiger charge is -2.17. The van der Waals surface area contributed by atoms with E-state index in [0.29, 0.717) is 58.0 Å². The molecule has 5 aromatic carbocycles. The largest absolute Gasteiger partial charge is 0.394 e. The molecular weight excluding hydrogens is 1330 g/mol. The zero-order valence-corrected chi connectivity index (χ0v) is 59.0. The van der Waals surface area contributed by atoms with Crippen molar-refractivity contribution in [3.63, 3.8) is 0 Å². The summed E-state index contributed by atoms with van der Waals surface area (Å²) in [6.45, 7) is 1.65. The Balaban J connectivity index is 0.000000132. The summed E-state index contributed by atoms with van der Waals surface area (Å²) in [7, 11) is -5.93. The molecule has 0 fully saturated rings. The number of aromatic nitrogens is 10. The van der Waals surface area contributed by atoms with Gasteiger partial charge in [0.1, 0.15) is 57.8 Å². The zero-order valence-electron chi connectivity index (χ0n) is 55.8. The summed E-state index contributed by atoms with van der Waals surface area (Å²) in [6, 6.07) is 47.1. The Morgan fingerprint density at radius 2 is 0.790 bits per heavy atom. The number of hydrogen-bond acceptors (Lipinski definition) is 16. The molecule has 4 aliphatic rings. The number of nitrogens with zero attached hydrogens (tertiary/aromatic N) is 10. The van der Waals surface area contributed by atoms with Gasteiger partial charge in [0.2, 0.25) is 19.7 Å². The fraction of sp³-hybridized carbons (Fsp3) is 0.256. The smallest absolute Gasteiger partial charge is 0.212 e. The molecule has 6 heterocycles. The third-order valence-electron chi connectivity index (χ3n) is 18.2. The quantitative estimate of drug-likeness (QED) is 0.0656. The Hall–Kier alpha value is -9.86. The molecule has 0 saturated carbocycles. The van der Waals surface area contributed by atoms with Crippen molar-refractivity contribution in [1.29, 1.82) is 0 Å². The van der Waals surface area contributed by atoms with Crippen molar-refractivity contribution in [2.45, 2.75) is 142 Å². The van der Waals surface area contributed by atoms with Crippen LogP contribution < -0.4 is 22.1 Å². The molecule has 0 radical (unpaired) electrons. The maximum Gasteiger partial charge on any atom is 0.212 e. The summed E-state index contributed by atoms with van der Waals surface area (Å²) in [6.07, 6.45) is 32.4. The first-order valence-electron chi connectivity index (χ1n) is 34.0. The lowest BCUT2D eigenvalue weighted by Crippen LogP contribution is -2.09. The summed E-state index contributed by atoms with van der Waals surface area (Å²) in [5.74, 6) is 0.710. The highest BCUT2D eigenvalue weighted by molar-refractivity contribution is 7.92. The number of anilines is 4. The predicted octanol–water partition coefficient (Wildman–Crippen LogP) is 17.5. The third kappa shape index (κ3) is 15.9. The Labute approximate surface area is 594 Å². The van der Waals surface area contributed by atoms with Crippen LogP contribution in [0.5, 0.6) is 0 Å². The molecule has 22 heteroatoms. The second-order valence-electron chi connectivity index (χ2n) is 24.8. The van der Waals surface area contributed by atoms with Crippen molar-refractivity contribution < 1.29 is 16.8 Å². The van der Waals surface area contributed by atoms with Gasteiger partial charge < -0.3 is 31.2 Å². The van der Waals surface area contributed by atoms with E-state index in [0.717, 1.165) is 133 Å². The predicted molar refractivity (Wildman–Crippen MR) is 402 cm³/mol. The van der Waals surface area contributed by atoms with Crippen LogP contribution in [0.1, 0.15) is 142 Å². The summed E-state index contributed by atoms with van der Waals surface area (Å²) in [5, 5.41) is 7.41. The number of hydrogen-bond donors (Lipinski definition) is 4. The molecular formula is C78H80Cl2N14O4S2. The monoisotopic (exact) mass is 1410 g/mol. The summed E-state index contributed by atoms with van der Waals surface area (Å²) >= 11 is 12.1. The van der Waals surface area contributed by atoms with Crippen molar-refractivity contribution in [2.24, 2.45) is 0 Å². The van der Waals surface area contributed by atoms with E-state index in [4.69, 9.17) is 34.7 Å². The van der Waals surface area contributed by atoms with Gasteiger partial charge in [0.15, 0.2) is 10.3 Å². The van der Waals surface area contributed by atoms with Gasteiger partial charge >= 0.3 is 0 Å². The molecule has 0 unspecified atom stereocenters. The van der Waals surface area contributed by atoms with Gasteiger partial charge in [0.05, 0.1) is 55.0 Å². The third-order valence-corrected chi connectivity index (χ3v) is 22.4. The molecule has 4 aliphatic carbocycles. The number of benzene rings is 5. The van der Waals surface area contributed by atoms with Crippen LogP contribution in [0.2, 0.25) is 10.3 Å². The van der Waals surface area contributed by atoms with Crippen LogP contribution in [0.3, 0.4) is 0 Å². The van der Waals surface area contributed by atoms with Crippen molar-refractivity contribution in [3.8, 4) is 0 Å². The number of sulfone groups is 2. The normalized spacial score (nSPS) is 14.7. The summed E-state index contributed by atoms with van der Waals surface area (Å²) in [5.41, 5.74) is 27.4. The van der Waals surface area contributed by atoms with E-state index in [9.17, 15) is 16.8 Å². The Kier molecular flexibility index (Phi) is 23.0. The zero-order chi connectivity index (χ0) is 69.4. The molecule has 512 valence electrons. The van der Waals surface area contributed by atoms with E-state index in [1.165, 1.54) is 61.4 Å². The minimum atomic E-state index is -3.87. The van der Waals surface area contributed by atoms with Crippen LogP contribution in [-0.4, -0.2) is 72.9 Å². The number of rotatable bonds is 16. The Morgan fingerprint density at radius 3 is 1.25 bits per heavy atom. The number of halogens is 2. The highest BCUT2D eigenvalue weighted by Crippen LogP contribution is 2.43. The Bertz CT molecular complexity index is 5030. The standard InChI is InChI=1S/C26H26N4O2S.C25H24N4O2S.C17H18ClN3.C10H12ClN3/c1-27-26-25(33(31,32)21-15-9-4-10-16-21)23-24(30(26)17-19-11-5-2-6-12-19)22(28-18-29-23)20-13-7-3-8-14-20;26-25-24(32(30,31)20-14-8-3-9-15-20)22-23(29(25)16-18-10-4-1-5-11-18)21(27-17-28-22)19-12-6-2-7-13-19;18-17-16(19-11-13-7-3-1-4-8-13)15(20-12-21-17)14-9-5-2-6-10-14;11-10-8(12)9(13-6-14-10)7-4-2-1-3-5-7/h2,4-6,9-13,15-16,18,27H,3,7-8,14,17H2,1H3;1,3-5,8-12,14-15,17H,2,6-7,13,16,26H2;1,3-4,7-9,12,19H,2,5-6,10-11H2;4,6H,1-3,5,12H2. The molecule has 6 N–H and O–H groups in total. The van der Waals surface area contributed by atoms with Crippen LogP contribution in [0.4, 0.5) is 23.0 Å². The molecule has 0 bridgehead atoms. The Morgan fingerprint density at radius 1 is 0.420 bits per heavy atom. The second kappa shape index (κ2) is 32.9.